The van der Waals surface area contributed by atoms with Crippen LogP contribution in [0, 0.1) is 11.8 Å². The highest BCUT2D eigenvalue weighted by atomic mass is 32.2. The fraction of sp³-hybridized carbons (Fsp3) is 0.387. The Bertz CT molecular complexity index is 1170. The summed E-state index contributed by atoms with van der Waals surface area (Å²) in [7, 11) is 1.71. The molecule has 0 aliphatic carbocycles. The largest absolute Gasteiger partial charge is 0.496 e. The minimum Gasteiger partial charge on any atom is -0.496 e. The highest BCUT2D eigenvalue weighted by molar-refractivity contribution is 7.98. The zero-order valence-corrected chi connectivity index (χ0v) is 22.5. The van der Waals surface area contributed by atoms with E-state index in [2.05, 4.69) is 96.2 Å². The first-order valence-corrected chi connectivity index (χ1v) is 14.3. The molecule has 3 fully saturated rings. The van der Waals surface area contributed by atoms with Crippen LogP contribution in [-0.4, -0.2) is 54.0 Å². The molecule has 0 aromatic heterocycles. The third-order valence-electron chi connectivity index (χ3n) is 8.40. The van der Waals surface area contributed by atoms with Gasteiger partial charge in [0, 0.05) is 41.0 Å². The lowest BCUT2D eigenvalue weighted by Gasteiger charge is -2.59. The summed E-state index contributed by atoms with van der Waals surface area (Å²) in [5.74, 6) is -0.0556. The molecule has 0 saturated carbocycles. The Morgan fingerprint density at radius 1 is 1.08 bits per heavy atom. The number of carboxylic acids is 1. The van der Waals surface area contributed by atoms with Gasteiger partial charge in [-0.05, 0) is 61.4 Å². The van der Waals surface area contributed by atoms with Gasteiger partial charge in [0.2, 0.25) is 0 Å². The monoisotopic (exact) mass is 516 g/mol. The maximum Gasteiger partial charge on any atom is 0.308 e. The Morgan fingerprint density at radius 2 is 1.73 bits per heavy atom. The zero-order chi connectivity index (χ0) is 25.9. The SMILES string of the molecule is COc1ccc(SC)cc1CN[C@H]1[C@H]2CCN(C(C)[C@@H]2C(=O)O)[C@H]1C(c1ccccc1)c1ccccc1. The first-order valence-electron chi connectivity index (χ1n) is 13.1. The van der Waals surface area contributed by atoms with Gasteiger partial charge in [-0.1, -0.05) is 60.7 Å². The molecule has 5 nitrogen and oxygen atoms in total. The van der Waals surface area contributed by atoms with Crippen molar-refractivity contribution < 1.29 is 14.6 Å². The van der Waals surface area contributed by atoms with Crippen molar-refractivity contribution in [1.29, 1.82) is 0 Å². The standard InChI is InChI=1S/C31H36N2O3S/c1-20-27(31(34)35)25-16-17-33(20)30(28(21-10-6-4-7-11-21)22-12-8-5-9-13-22)29(25)32-19-23-18-24(37-3)14-15-26(23)36-2/h4-15,18,20,25,27-30,32H,16-17,19H2,1-3H3,(H,34,35)/t20?,25-,27-,29-,30-/m0/s1. The number of carbonyl (C=O) groups is 1. The quantitative estimate of drug-likeness (QED) is 0.366. The number of nitrogens with zero attached hydrogens (tertiary/aromatic N) is 1. The second-order valence-corrected chi connectivity index (χ2v) is 11.0. The van der Waals surface area contributed by atoms with E-state index in [-0.39, 0.29) is 30.0 Å². The molecule has 194 valence electrons. The molecular weight excluding hydrogens is 480 g/mol. The van der Waals surface area contributed by atoms with E-state index in [1.807, 2.05) is 6.07 Å². The van der Waals surface area contributed by atoms with Crippen molar-refractivity contribution in [2.75, 3.05) is 19.9 Å². The number of hydrogen-bond donors (Lipinski definition) is 2. The number of fused-ring (bicyclic) bond motifs is 3. The molecule has 3 aliphatic rings. The molecule has 3 aromatic carbocycles. The van der Waals surface area contributed by atoms with Crippen LogP contribution in [0.5, 0.6) is 5.75 Å². The van der Waals surface area contributed by atoms with E-state index in [0.29, 0.717) is 6.54 Å². The summed E-state index contributed by atoms with van der Waals surface area (Å²) in [5, 5.41) is 14.1. The fourth-order valence-corrected chi connectivity index (χ4v) is 7.21. The highest BCUT2D eigenvalue weighted by Crippen LogP contribution is 2.47. The average Bonchev–Trinajstić information content (AvgIpc) is 2.93. The Morgan fingerprint density at radius 3 is 2.30 bits per heavy atom. The van der Waals surface area contributed by atoms with Crippen molar-refractivity contribution in [3.63, 3.8) is 0 Å². The van der Waals surface area contributed by atoms with Crippen LogP contribution in [-0.2, 0) is 11.3 Å². The summed E-state index contributed by atoms with van der Waals surface area (Å²) in [4.78, 5) is 16.2. The van der Waals surface area contributed by atoms with Gasteiger partial charge in [-0.25, -0.2) is 0 Å². The number of methoxy groups -OCH3 is 1. The Labute approximate surface area is 224 Å². The van der Waals surface area contributed by atoms with E-state index in [1.54, 1.807) is 18.9 Å². The molecule has 2 unspecified atom stereocenters. The van der Waals surface area contributed by atoms with E-state index in [1.165, 1.54) is 16.0 Å². The maximum absolute atomic E-state index is 12.5. The number of benzene rings is 3. The molecule has 6 heteroatoms. The number of piperidine rings is 3. The van der Waals surface area contributed by atoms with Gasteiger partial charge in [0.1, 0.15) is 5.75 Å². The number of hydrogen-bond acceptors (Lipinski definition) is 5. The lowest BCUT2D eigenvalue weighted by molar-refractivity contribution is -0.159. The molecule has 2 N–H and O–H groups in total. The first kappa shape index (κ1) is 25.8. The molecule has 3 aliphatic heterocycles. The van der Waals surface area contributed by atoms with Crippen LogP contribution < -0.4 is 10.1 Å². The number of ether oxygens (including phenoxy) is 1. The minimum absolute atomic E-state index is 0.0131. The number of nitrogens with one attached hydrogen (secondary N) is 1. The van der Waals surface area contributed by atoms with Gasteiger partial charge >= 0.3 is 5.97 Å². The van der Waals surface area contributed by atoms with E-state index < -0.39 is 11.9 Å². The molecule has 0 amide bonds. The molecule has 0 spiro atoms. The summed E-state index contributed by atoms with van der Waals surface area (Å²) in [6, 6.07) is 27.8. The topological polar surface area (TPSA) is 61.8 Å². The number of carboxylic acid groups (broad SMARTS) is 1. The van der Waals surface area contributed by atoms with Gasteiger partial charge in [-0.15, -0.1) is 11.8 Å². The second-order valence-electron chi connectivity index (χ2n) is 10.2. The van der Waals surface area contributed by atoms with Gasteiger partial charge in [0.05, 0.1) is 13.0 Å². The van der Waals surface area contributed by atoms with Crippen molar-refractivity contribution in [1.82, 2.24) is 10.2 Å². The molecule has 3 heterocycles. The predicted molar refractivity (Wildman–Crippen MR) is 149 cm³/mol. The minimum atomic E-state index is -0.689. The summed E-state index contributed by atoms with van der Waals surface area (Å²) in [5.41, 5.74) is 3.62. The predicted octanol–water partition coefficient (Wildman–Crippen LogP) is 5.50. The van der Waals surface area contributed by atoms with Crippen LogP contribution in [0.3, 0.4) is 0 Å². The van der Waals surface area contributed by atoms with Crippen LogP contribution in [0.15, 0.2) is 83.8 Å². The molecule has 2 bridgehead atoms. The molecule has 37 heavy (non-hydrogen) atoms. The maximum atomic E-state index is 12.5. The first-order chi connectivity index (χ1) is 18.0. The third kappa shape index (κ3) is 5.02. The highest BCUT2D eigenvalue weighted by Gasteiger charge is 2.55. The van der Waals surface area contributed by atoms with Crippen LogP contribution >= 0.6 is 11.8 Å². The fourth-order valence-electron chi connectivity index (χ4n) is 6.74. The van der Waals surface area contributed by atoms with Gasteiger partial charge in [0.25, 0.3) is 0 Å². The molecule has 6 rings (SSSR count). The van der Waals surface area contributed by atoms with Crippen molar-refractivity contribution in [2.24, 2.45) is 11.8 Å². The lowest BCUT2D eigenvalue weighted by Crippen LogP contribution is -2.71. The van der Waals surface area contributed by atoms with E-state index in [4.69, 9.17) is 4.74 Å². The van der Waals surface area contributed by atoms with Crippen LogP contribution in [0.1, 0.15) is 36.0 Å². The Kier molecular flexibility index (Phi) is 7.89. The van der Waals surface area contributed by atoms with Crippen molar-refractivity contribution in [3.8, 4) is 5.75 Å². The molecule has 6 atom stereocenters. The van der Waals surface area contributed by atoms with E-state index in [0.717, 1.165) is 24.3 Å². The molecule has 0 radical (unpaired) electrons. The smallest absolute Gasteiger partial charge is 0.308 e. The second kappa shape index (κ2) is 11.3. The molecule has 3 saturated heterocycles. The Hall–Kier alpha value is -2.80. The van der Waals surface area contributed by atoms with Crippen LogP contribution in [0.2, 0.25) is 0 Å². The number of rotatable bonds is 9. The van der Waals surface area contributed by atoms with E-state index >= 15 is 0 Å². The normalized spacial score (nSPS) is 26.8. The van der Waals surface area contributed by atoms with Crippen molar-refractivity contribution >= 4 is 17.7 Å². The lowest BCUT2D eigenvalue weighted by atomic mass is 9.64. The number of aliphatic carboxylic acids is 1. The van der Waals surface area contributed by atoms with Crippen molar-refractivity contribution in [2.45, 2.75) is 48.8 Å². The van der Waals surface area contributed by atoms with Crippen LogP contribution in [0.4, 0.5) is 0 Å². The van der Waals surface area contributed by atoms with Crippen LogP contribution in [0.25, 0.3) is 0 Å². The van der Waals surface area contributed by atoms with E-state index in [9.17, 15) is 9.90 Å². The van der Waals surface area contributed by atoms with Gasteiger partial charge < -0.3 is 15.2 Å². The molecular formula is C31H36N2O3S. The van der Waals surface area contributed by atoms with Gasteiger partial charge in [-0.3, -0.25) is 9.69 Å². The van der Waals surface area contributed by atoms with Gasteiger partial charge in [-0.2, -0.15) is 0 Å². The summed E-state index contributed by atoms with van der Waals surface area (Å²) < 4.78 is 5.68. The van der Waals surface area contributed by atoms with Crippen molar-refractivity contribution in [3.05, 3.63) is 95.6 Å². The average molecular weight is 517 g/mol. The van der Waals surface area contributed by atoms with Gasteiger partial charge in [0.15, 0.2) is 0 Å². The zero-order valence-electron chi connectivity index (χ0n) is 21.7. The number of thioether (sulfide) groups is 1. The summed E-state index contributed by atoms with van der Waals surface area (Å²) in [6.07, 6.45) is 2.96. The summed E-state index contributed by atoms with van der Waals surface area (Å²) >= 11 is 1.71. The summed E-state index contributed by atoms with van der Waals surface area (Å²) in [6.45, 7) is 3.65. The molecule has 3 aromatic rings. The third-order valence-corrected chi connectivity index (χ3v) is 9.12. The Balaban J connectivity index is 1.57.